The van der Waals surface area contributed by atoms with Gasteiger partial charge in [-0.25, -0.2) is 0 Å². The van der Waals surface area contributed by atoms with E-state index in [0.717, 1.165) is 39.2 Å². The molecule has 0 aliphatic carbocycles. The first kappa shape index (κ1) is 17.2. The SMILES string of the molecule is CC(CC1COC2(C1)CN(C(C)(C)C)C2)N1CC2(C1)OCC[C@@H]2O. The minimum absolute atomic E-state index is 0.137. The molecule has 2 spiro atoms. The van der Waals surface area contributed by atoms with Crippen molar-refractivity contribution in [3.8, 4) is 0 Å². The number of nitrogens with zero attached hydrogens (tertiary/aromatic N) is 2. The lowest BCUT2D eigenvalue weighted by Crippen LogP contribution is -2.68. The number of likely N-dealkylation sites (tertiary alicyclic amines) is 2. The van der Waals surface area contributed by atoms with Crippen LogP contribution in [0.4, 0.5) is 0 Å². The molecule has 0 amide bonds. The van der Waals surface area contributed by atoms with Crippen molar-refractivity contribution >= 4 is 0 Å². The molecule has 138 valence electrons. The number of rotatable bonds is 3. The summed E-state index contributed by atoms with van der Waals surface area (Å²) in [6.45, 7) is 14.8. The number of hydrogen-bond donors (Lipinski definition) is 1. The molecule has 4 heterocycles. The molecule has 0 radical (unpaired) electrons. The van der Waals surface area contributed by atoms with E-state index in [2.05, 4.69) is 37.5 Å². The maximum atomic E-state index is 10.1. The van der Waals surface area contributed by atoms with E-state index in [4.69, 9.17) is 9.47 Å². The highest BCUT2D eigenvalue weighted by Crippen LogP contribution is 2.43. The van der Waals surface area contributed by atoms with E-state index >= 15 is 0 Å². The minimum atomic E-state index is -0.266. The van der Waals surface area contributed by atoms with Crippen molar-refractivity contribution < 1.29 is 14.6 Å². The van der Waals surface area contributed by atoms with Gasteiger partial charge in [-0.2, -0.15) is 0 Å². The fourth-order valence-corrected chi connectivity index (χ4v) is 5.05. The molecular weight excluding hydrogens is 304 g/mol. The lowest BCUT2D eigenvalue weighted by molar-refractivity contribution is -0.164. The Morgan fingerprint density at radius 1 is 1.17 bits per heavy atom. The molecule has 0 saturated carbocycles. The van der Waals surface area contributed by atoms with Crippen molar-refractivity contribution in [2.45, 2.75) is 75.8 Å². The van der Waals surface area contributed by atoms with Crippen molar-refractivity contribution in [1.29, 1.82) is 0 Å². The van der Waals surface area contributed by atoms with Gasteiger partial charge in [0.05, 0.1) is 24.9 Å². The molecule has 4 fully saturated rings. The number of aliphatic hydroxyl groups excluding tert-OH is 1. The summed E-state index contributed by atoms with van der Waals surface area (Å²) in [5, 5.41) is 10.1. The highest BCUT2D eigenvalue weighted by molar-refractivity contribution is 5.08. The molecule has 0 bridgehead atoms. The predicted molar refractivity (Wildman–Crippen MR) is 93.1 cm³/mol. The zero-order valence-electron chi connectivity index (χ0n) is 15.8. The Hall–Kier alpha value is -0.200. The standard InChI is InChI=1S/C19H34N2O3/c1-14(20-12-19(13-20)16(22)5-6-23-19)7-15-8-18(24-9-15)10-21(11-18)17(2,3)4/h14-16,22H,5-13H2,1-4H3/t14?,15?,16-/m0/s1. The quantitative estimate of drug-likeness (QED) is 0.845. The summed E-state index contributed by atoms with van der Waals surface area (Å²) in [5.41, 5.74) is 0.148. The summed E-state index contributed by atoms with van der Waals surface area (Å²) in [6.07, 6.45) is 2.94. The summed E-state index contributed by atoms with van der Waals surface area (Å²) in [7, 11) is 0. The fourth-order valence-electron chi connectivity index (χ4n) is 5.05. The highest BCUT2D eigenvalue weighted by Gasteiger charge is 2.55. The van der Waals surface area contributed by atoms with Crippen LogP contribution in [-0.2, 0) is 9.47 Å². The van der Waals surface area contributed by atoms with Gasteiger partial charge in [0, 0.05) is 37.8 Å². The van der Waals surface area contributed by atoms with Crippen LogP contribution in [0.1, 0.15) is 47.0 Å². The second-order valence-corrected chi connectivity index (χ2v) is 9.80. The van der Waals surface area contributed by atoms with Crippen LogP contribution in [0.2, 0.25) is 0 Å². The first-order chi connectivity index (χ1) is 11.2. The fraction of sp³-hybridized carbons (Fsp3) is 1.00. The molecule has 2 unspecified atom stereocenters. The summed E-state index contributed by atoms with van der Waals surface area (Å²) in [4.78, 5) is 5.00. The summed E-state index contributed by atoms with van der Waals surface area (Å²) >= 11 is 0. The van der Waals surface area contributed by atoms with E-state index in [1.807, 2.05) is 0 Å². The van der Waals surface area contributed by atoms with Crippen LogP contribution < -0.4 is 0 Å². The van der Waals surface area contributed by atoms with Crippen LogP contribution in [0, 0.1) is 5.92 Å². The molecule has 0 aromatic carbocycles. The second-order valence-electron chi connectivity index (χ2n) is 9.80. The van der Waals surface area contributed by atoms with Gasteiger partial charge >= 0.3 is 0 Å². The van der Waals surface area contributed by atoms with Gasteiger partial charge in [0.2, 0.25) is 0 Å². The van der Waals surface area contributed by atoms with Gasteiger partial charge < -0.3 is 14.6 Å². The Balaban J connectivity index is 1.23. The first-order valence-electron chi connectivity index (χ1n) is 9.67. The van der Waals surface area contributed by atoms with Crippen molar-refractivity contribution in [3.05, 3.63) is 0 Å². The van der Waals surface area contributed by atoms with Gasteiger partial charge in [-0.05, 0) is 52.9 Å². The van der Waals surface area contributed by atoms with Crippen molar-refractivity contribution in [3.63, 3.8) is 0 Å². The van der Waals surface area contributed by atoms with E-state index in [9.17, 15) is 5.11 Å². The largest absolute Gasteiger partial charge is 0.390 e. The first-order valence-corrected chi connectivity index (χ1v) is 9.67. The average Bonchev–Trinajstić information content (AvgIpc) is 2.98. The molecule has 4 aliphatic rings. The monoisotopic (exact) mass is 338 g/mol. The number of hydrogen-bond acceptors (Lipinski definition) is 5. The Morgan fingerprint density at radius 3 is 2.46 bits per heavy atom. The van der Waals surface area contributed by atoms with E-state index < -0.39 is 0 Å². The van der Waals surface area contributed by atoms with Gasteiger partial charge in [-0.3, -0.25) is 9.80 Å². The summed E-state index contributed by atoms with van der Waals surface area (Å²) < 4.78 is 12.1. The van der Waals surface area contributed by atoms with E-state index in [-0.39, 0.29) is 22.8 Å². The Kier molecular flexibility index (Phi) is 4.05. The second kappa shape index (κ2) is 5.65. The molecular formula is C19H34N2O3. The van der Waals surface area contributed by atoms with Crippen LogP contribution in [0.3, 0.4) is 0 Å². The van der Waals surface area contributed by atoms with Gasteiger partial charge in [0.15, 0.2) is 0 Å². The normalized spacial score (nSPS) is 36.9. The molecule has 0 aromatic heterocycles. The lowest BCUT2D eigenvalue weighted by Gasteiger charge is -2.53. The lowest BCUT2D eigenvalue weighted by atomic mass is 9.81. The number of ether oxygens (including phenoxy) is 2. The summed E-state index contributed by atoms with van der Waals surface area (Å²) in [5.74, 6) is 0.674. The third kappa shape index (κ3) is 2.82. The maximum absolute atomic E-state index is 10.1. The Morgan fingerprint density at radius 2 is 1.88 bits per heavy atom. The minimum Gasteiger partial charge on any atom is -0.390 e. The summed E-state index contributed by atoms with van der Waals surface area (Å²) in [6, 6.07) is 0.551. The van der Waals surface area contributed by atoms with Gasteiger partial charge in [0.25, 0.3) is 0 Å². The number of aliphatic hydroxyl groups is 1. The van der Waals surface area contributed by atoms with Crippen LogP contribution in [0.5, 0.6) is 0 Å². The zero-order valence-corrected chi connectivity index (χ0v) is 15.8. The van der Waals surface area contributed by atoms with Crippen LogP contribution >= 0.6 is 0 Å². The molecule has 4 rings (SSSR count). The zero-order chi connectivity index (χ0) is 17.2. The van der Waals surface area contributed by atoms with Crippen LogP contribution in [-0.4, -0.2) is 83.2 Å². The topological polar surface area (TPSA) is 45.2 Å². The van der Waals surface area contributed by atoms with Crippen molar-refractivity contribution in [1.82, 2.24) is 9.80 Å². The van der Waals surface area contributed by atoms with E-state index in [1.54, 1.807) is 0 Å². The Labute approximate surface area is 146 Å². The van der Waals surface area contributed by atoms with Crippen LogP contribution in [0.25, 0.3) is 0 Å². The van der Waals surface area contributed by atoms with Crippen LogP contribution in [0.15, 0.2) is 0 Å². The van der Waals surface area contributed by atoms with Crippen molar-refractivity contribution in [2.75, 3.05) is 39.4 Å². The Bertz CT molecular complexity index is 477. The molecule has 0 aromatic rings. The maximum Gasteiger partial charge on any atom is 0.119 e. The molecule has 5 heteroatoms. The average molecular weight is 338 g/mol. The molecule has 5 nitrogen and oxygen atoms in total. The molecule has 1 N–H and O–H groups in total. The molecule has 4 aliphatic heterocycles. The molecule has 4 saturated heterocycles. The van der Waals surface area contributed by atoms with Gasteiger partial charge in [-0.15, -0.1) is 0 Å². The van der Waals surface area contributed by atoms with Gasteiger partial charge in [-0.1, -0.05) is 0 Å². The highest BCUT2D eigenvalue weighted by atomic mass is 16.5. The van der Waals surface area contributed by atoms with E-state index in [1.165, 1.54) is 12.8 Å². The van der Waals surface area contributed by atoms with Gasteiger partial charge in [0.1, 0.15) is 5.60 Å². The molecule has 24 heavy (non-hydrogen) atoms. The van der Waals surface area contributed by atoms with Crippen molar-refractivity contribution in [2.24, 2.45) is 5.92 Å². The third-order valence-corrected chi connectivity index (χ3v) is 6.82. The third-order valence-electron chi connectivity index (χ3n) is 6.82. The van der Waals surface area contributed by atoms with E-state index in [0.29, 0.717) is 18.6 Å². The predicted octanol–water partition coefficient (Wildman–Crippen LogP) is 1.49. The smallest absolute Gasteiger partial charge is 0.119 e. The molecule has 3 atom stereocenters.